The molecule has 4 aromatic rings. The van der Waals surface area contributed by atoms with Crippen molar-refractivity contribution in [3.05, 3.63) is 144 Å². The number of halogens is 3. The molecule has 0 bridgehead atoms. The van der Waals surface area contributed by atoms with E-state index in [0.29, 0.717) is 5.56 Å². The Hall–Kier alpha value is -3.62. The molecule has 12 heteroatoms. The SMILES string of the molecule is O=S(=O)(O[C@H]1O[C@H](COCc2ccccc2)[C@@H](OCc2ccccc2)[C@H](OCc2ccccc2)[C@H]1OCc1ccccc1)C(F)(F)F. The van der Waals surface area contributed by atoms with E-state index in [9.17, 15) is 21.6 Å². The largest absolute Gasteiger partial charge is 0.523 e. The Balaban J connectivity index is 1.49. The molecule has 250 valence electrons. The number of alkyl halides is 3. The first-order valence-electron chi connectivity index (χ1n) is 14.9. The van der Waals surface area contributed by atoms with E-state index in [1.54, 1.807) is 30.3 Å². The topological polar surface area (TPSA) is 89.5 Å². The zero-order valence-corrected chi connectivity index (χ0v) is 26.1. The summed E-state index contributed by atoms with van der Waals surface area (Å²) in [5.41, 5.74) is -2.60. The minimum absolute atomic E-state index is 0.0121. The van der Waals surface area contributed by atoms with Crippen molar-refractivity contribution in [3.63, 3.8) is 0 Å². The highest BCUT2D eigenvalue weighted by Crippen LogP contribution is 2.35. The van der Waals surface area contributed by atoms with Gasteiger partial charge in [-0.1, -0.05) is 121 Å². The van der Waals surface area contributed by atoms with E-state index in [4.69, 9.17) is 27.9 Å². The van der Waals surface area contributed by atoms with Gasteiger partial charge >= 0.3 is 15.6 Å². The second kappa shape index (κ2) is 16.5. The molecule has 8 nitrogen and oxygen atoms in total. The van der Waals surface area contributed by atoms with Crippen molar-refractivity contribution in [2.75, 3.05) is 6.61 Å². The summed E-state index contributed by atoms with van der Waals surface area (Å²) in [5, 5.41) is 0. The molecule has 5 atom stereocenters. The number of ether oxygens (including phenoxy) is 5. The molecule has 0 spiro atoms. The summed E-state index contributed by atoms with van der Waals surface area (Å²) in [7, 11) is -6.11. The van der Waals surface area contributed by atoms with Gasteiger partial charge in [0.15, 0.2) is 0 Å². The zero-order valence-electron chi connectivity index (χ0n) is 25.3. The molecule has 1 aliphatic heterocycles. The Labute approximate surface area is 272 Å². The maximum Gasteiger partial charge on any atom is 0.523 e. The molecular weight excluding hydrogens is 637 g/mol. The summed E-state index contributed by atoms with van der Waals surface area (Å²) in [4.78, 5) is 0. The highest BCUT2D eigenvalue weighted by atomic mass is 32.2. The molecule has 0 saturated carbocycles. The van der Waals surface area contributed by atoms with Crippen LogP contribution in [0.15, 0.2) is 121 Å². The molecule has 4 aromatic carbocycles. The van der Waals surface area contributed by atoms with Crippen molar-refractivity contribution in [3.8, 4) is 0 Å². The third-order valence-corrected chi connectivity index (χ3v) is 8.36. The highest BCUT2D eigenvalue weighted by Gasteiger charge is 2.55. The van der Waals surface area contributed by atoms with E-state index >= 15 is 0 Å². The van der Waals surface area contributed by atoms with Crippen LogP contribution < -0.4 is 0 Å². The molecule has 0 radical (unpaired) electrons. The monoisotopic (exact) mass is 672 g/mol. The van der Waals surface area contributed by atoms with E-state index in [1.165, 1.54) is 0 Å². The molecule has 0 aromatic heterocycles. The van der Waals surface area contributed by atoms with Crippen LogP contribution in [-0.2, 0) is 64.4 Å². The Kier molecular flexibility index (Phi) is 12.2. The van der Waals surface area contributed by atoms with E-state index < -0.39 is 46.3 Å². The van der Waals surface area contributed by atoms with Crippen LogP contribution in [0.2, 0.25) is 0 Å². The normalized spacial score (nSPS) is 21.8. The molecule has 5 rings (SSSR count). The van der Waals surface area contributed by atoms with Gasteiger partial charge in [0.25, 0.3) is 0 Å². The summed E-state index contributed by atoms with van der Waals surface area (Å²) >= 11 is 0. The maximum atomic E-state index is 13.6. The predicted molar refractivity (Wildman–Crippen MR) is 166 cm³/mol. The lowest BCUT2D eigenvalue weighted by Gasteiger charge is -2.45. The van der Waals surface area contributed by atoms with Crippen LogP contribution in [-0.4, -0.2) is 51.2 Å². The van der Waals surface area contributed by atoms with Crippen LogP contribution in [0.1, 0.15) is 22.3 Å². The first-order chi connectivity index (χ1) is 22.7. The van der Waals surface area contributed by atoms with E-state index in [0.717, 1.165) is 16.7 Å². The molecule has 47 heavy (non-hydrogen) atoms. The van der Waals surface area contributed by atoms with Gasteiger partial charge in [-0.2, -0.15) is 21.6 Å². The average Bonchev–Trinajstić information content (AvgIpc) is 3.07. The molecule has 0 aliphatic carbocycles. The molecule has 1 aliphatic rings. The zero-order chi connectivity index (χ0) is 33.1. The van der Waals surface area contributed by atoms with Crippen LogP contribution >= 0.6 is 0 Å². The van der Waals surface area contributed by atoms with Gasteiger partial charge in [-0.3, -0.25) is 0 Å². The molecule has 1 saturated heterocycles. The Morgan fingerprint density at radius 2 is 0.936 bits per heavy atom. The van der Waals surface area contributed by atoms with Crippen LogP contribution in [0.5, 0.6) is 0 Å². The third-order valence-electron chi connectivity index (χ3n) is 7.35. The number of hydrogen-bond donors (Lipinski definition) is 0. The van der Waals surface area contributed by atoms with Crippen LogP contribution in [0.25, 0.3) is 0 Å². The van der Waals surface area contributed by atoms with Gasteiger partial charge in [0.2, 0.25) is 6.29 Å². The van der Waals surface area contributed by atoms with Crippen molar-refractivity contribution < 1.29 is 49.5 Å². The lowest BCUT2D eigenvalue weighted by molar-refractivity contribution is -0.310. The van der Waals surface area contributed by atoms with E-state index in [2.05, 4.69) is 0 Å². The molecule has 1 fully saturated rings. The lowest BCUT2D eigenvalue weighted by atomic mass is 9.98. The fourth-order valence-corrected chi connectivity index (χ4v) is 5.52. The molecule has 1 heterocycles. The standard InChI is InChI=1S/C35H35F3O8S/c36-35(37,38)47(39,40)46-34-33(44-24-29-19-11-4-12-20-29)32(43-23-28-17-9-3-10-18-28)31(42-22-27-15-7-2-8-16-27)30(45-34)25-41-21-26-13-5-1-6-14-26/h1-20,30-34H,21-25H2/t30-,31-,32+,33-,34-/m1/s1. The number of hydrogen-bond acceptors (Lipinski definition) is 8. The lowest BCUT2D eigenvalue weighted by Crippen LogP contribution is -2.62. The van der Waals surface area contributed by atoms with Gasteiger partial charge in [0, 0.05) is 0 Å². The van der Waals surface area contributed by atoms with Gasteiger partial charge < -0.3 is 23.7 Å². The van der Waals surface area contributed by atoms with Gasteiger partial charge in [-0.05, 0) is 22.3 Å². The third kappa shape index (κ3) is 9.94. The van der Waals surface area contributed by atoms with Crippen LogP contribution in [0.4, 0.5) is 13.2 Å². The minimum atomic E-state index is -6.11. The predicted octanol–water partition coefficient (Wildman–Crippen LogP) is 6.55. The van der Waals surface area contributed by atoms with Gasteiger partial charge in [0.05, 0.1) is 33.0 Å². The number of benzene rings is 4. The van der Waals surface area contributed by atoms with Crippen molar-refractivity contribution in [2.45, 2.75) is 62.6 Å². The summed E-state index contributed by atoms with van der Waals surface area (Å²) in [5.74, 6) is 0. The Bertz CT molecular complexity index is 1590. The van der Waals surface area contributed by atoms with Crippen molar-refractivity contribution >= 4 is 10.1 Å². The maximum absolute atomic E-state index is 13.6. The second-order valence-electron chi connectivity index (χ2n) is 10.8. The molecule has 0 N–H and O–H groups in total. The van der Waals surface area contributed by atoms with Crippen LogP contribution in [0.3, 0.4) is 0 Å². The molecule has 0 unspecified atom stereocenters. The number of rotatable bonds is 15. The first-order valence-corrected chi connectivity index (χ1v) is 16.3. The fourth-order valence-electron chi connectivity index (χ4n) is 5.00. The smallest absolute Gasteiger partial charge is 0.374 e. The first kappa shape index (κ1) is 34.7. The summed E-state index contributed by atoms with van der Waals surface area (Å²) in [6.45, 7) is -0.0311. The second-order valence-corrected chi connectivity index (χ2v) is 12.4. The van der Waals surface area contributed by atoms with E-state index in [-0.39, 0.29) is 33.0 Å². The quantitative estimate of drug-likeness (QED) is 0.104. The summed E-state index contributed by atoms with van der Waals surface area (Å²) < 4.78 is 101. The fraction of sp³-hybridized carbons (Fsp3) is 0.314. The minimum Gasteiger partial charge on any atom is -0.374 e. The summed E-state index contributed by atoms with van der Waals surface area (Å²) in [6.07, 6.45) is -6.78. The summed E-state index contributed by atoms with van der Waals surface area (Å²) in [6, 6.07) is 36.5. The molecular formula is C35H35F3O8S. The highest BCUT2D eigenvalue weighted by molar-refractivity contribution is 7.87. The van der Waals surface area contributed by atoms with Crippen LogP contribution in [0, 0.1) is 0 Å². The molecule has 0 amide bonds. The van der Waals surface area contributed by atoms with Gasteiger partial charge in [0.1, 0.15) is 24.4 Å². The van der Waals surface area contributed by atoms with Crippen molar-refractivity contribution in [2.24, 2.45) is 0 Å². The Morgan fingerprint density at radius 3 is 1.36 bits per heavy atom. The van der Waals surface area contributed by atoms with Gasteiger partial charge in [-0.25, -0.2) is 4.18 Å². The average molecular weight is 673 g/mol. The van der Waals surface area contributed by atoms with Crippen molar-refractivity contribution in [1.29, 1.82) is 0 Å². The van der Waals surface area contributed by atoms with Gasteiger partial charge in [-0.15, -0.1) is 0 Å². The Morgan fingerprint density at radius 1 is 0.553 bits per heavy atom. The van der Waals surface area contributed by atoms with Crippen molar-refractivity contribution in [1.82, 2.24) is 0 Å². The van der Waals surface area contributed by atoms with E-state index in [1.807, 2.05) is 91.0 Å².